The second kappa shape index (κ2) is 7.27. The minimum atomic E-state index is 0.104. The number of hydrogen-bond acceptors (Lipinski definition) is 3. The third-order valence-corrected chi connectivity index (χ3v) is 3.57. The van der Waals surface area contributed by atoms with Gasteiger partial charge in [-0.25, -0.2) is 0 Å². The summed E-state index contributed by atoms with van der Waals surface area (Å²) in [7, 11) is 1.76. The average Bonchev–Trinajstić information content (AvgIpc) is 2.32. The lowest BCUT2D eigenvalue weighted by molar-refractivity contribution is -0.0945. The van der Waals surface area contributed by atoms with Gasteiger partial charge in [-0.05, 0) is 12.3 Å². The maximum atomic E-state index is 5.56. The molecular weight excluding hydrogens is 254 g/mol. The van der Waals surface area contributed by atoms with Gasteiger partial charge in [0.1, 0.15) is 0 Å². The minimum Gasteiger partial charge on any atom is -0.380 e. The van der Waals surface area contributed by atoms with E-state index in [1.165, 1.54) is 0 Å². The summed E-state index contributed by atoms with van der Waals surface area (Å²) in [6.07, 6.45) is 0.147. The standard InChI is InChI=1S/C15H31N3O2/c1-7-16-13(18-9-15(5)10-20-11-15)17-8-12(19-6)14(2,3)4/h12H,7-11H2,1-6H3,(H2,16,17,18). The molecule has 0 aromatic carbocycles. The van der Waals surface area contributed by atoms with Crippen molar-refractivity contribution in [3.05, 3.63) is 0 Å². The van der Waals surface area contributed by atoms with Gasteiger partial charge in [0, 0.05) is 25.6 Å². The largest absolute Gasteiger partial charge is 0.380 e. The topological polar surface area (TPSA) is 54.9 Å². The molecule has 2 N–H and O–H groups in total. The van der Waals surface area contributed by atoms with Crippen LogP contribution >= 0.6 is 0 Å². The number of aliphatic imine (C=N–C) groups is 1. The molecule has 1 aliphatic rings. The van der Waals surface area contributed by atoms with Crippen LogP contribution in [0, 0.1) is 10.8 Å². The SMILES string of the molecule is CCNC(=NCC1(C)COC1)NCC(OC)C(C)(C)C. The number of hydrogen-bond donors (Lipinski definition) is 2. The molecule has 0 aliphatic carbocycles. The summed E-state index contributed by atoms with van der Waals surface area (Å²) < 4.78 is 10.8. The normalized spacial score (nSPS) is 20.2. The zero-order valence-corrected chi connectivity index (χ0v) is 13.9. The Hall–Kier alpha value is -0.810. The van der Waals surface area contributed by atoms with Crippen LogP contribution in [-0.4, -0.2) is 52.0 Å². The van der Waals surface area contributed by atoms with E-state index in [0.29, 0.717) is 0 Å². The van der Waals surface area contributed by atoms with E-state index in [0.717, 1.165) is 38.8 Å². The summed E-state index contributed by atoms with van der Waals surface area (Å²) in [4.78, 5) is 4.65. The highest BCUT2D eigenvalue weighted by Gasteiger charge is 2.33. The number of nitrogens with one attached hydrogen (secondary N) is 2. The van der Waals surface area contributed by atoms with Crippen LogP contribution in [0.25, 0.3) is 0 Å². The Morgan fingerprint density at radius 1 is 1.35 bits per heavy atom. The van der Waals surface area contributed by atoms with Gasteiger partial charge in [-0.2, -0.15) is 0 Å². The molecular formula is C15H31N3O2. The van der Waals surface area contributed by atoms with Gasteiger partial charge in [-0.15, -0.1) is 0 Å². The maximum Gasteiger partial charge on any atom is 0.191 e. The molecule has 118 valence electrons. The zero-order chi connectivity index (χ0) is 15.2. The molecule has 1 saturated heterocycles. The van der Waals surface area contributed by atoms with Crippen molar-refractivity contribution in [1.29, 1.82) is 0 Å². The quantitative estimate of drug-likeness (QED) is 0.575. The van der Waals surface area contributed by atoms with Crippen LogP contribution in [0.4, 0.5) is 0 Å². The van der Waals surface area contributed by atoms with Gasteiger partial charge in [-0.3, -0.25) is 4.99 Å². The van der Waals surface area contributed by atoms with Gasteiger partial charge < -0.3 is 20.1 Å². The van der Waals surface area contributed by atoms with Crippen LogP contribution in [0.1, 0.15) is 34.6 Å². The molecule has 1 unspecified atom stereocenters. The fourth-order valence-electron chi connectivity index (χ4n) is 2.09. The molecule has 5 heteroatoms. The highest BCUT2D eigenvalue weighted by molar-refractivity contribution is 5.79. The number of guanidine groups is 1. The minimum absolute atomic E-state index is 0.104. The summed E-state index contributed by atoms with van der Waals surface area (Å²) in [5, 5.41) is 6.65. The molecule has 1 rings (SSSR count). The fourth-order valence-corrected chi connectivity index (χ4v) is 2.09. The molecule has 0 aromatic heterocycles. The van der Waals surface area contributed by atoms with Crippen molar-refractivity contribution in [3.8, 4) is 0 Å². The molecule has 0 spiro atoms. The summed E-state index contributed by atoms with van der Waals surface area (Å²) >= 11 is 0. The van der Waals surface area contributed by atoms with E-state index >= 15 is 0 Å². The van der Waals surface area contributed by atoms with Crippen LogP contribution in [0.2, 0.25) is 0 Å². The fraction of sp³-hybridized carbons (Fsp3) is 0.933. The zero-order valence-electron chi connectivity index (χ0n) is 13.9. The van der Waals surface area contributed by atoms with Crippen molar-refractivity contribution in [2.45, 2.75) is 40.7 Å². The van der Waals surface area contributed by atoms with Crippen molar-refractivity contribution < 1.29 is 9.47 Å². The summed E-state index contributed by atoms with van der Waals surface area (Å²) in [5.41, 5.74) is 0.305. The number of rotatable bonds is 6. The lowest BCUT2D eigenvalue weighted by Crippen LogP contribution is -2.47. The third kappa shape index (κ3) is 5.29. The first-order valence-electron chi connectivity index (χ1n) is 7.43. The van der Waals surface area contributed by atoms with E-state index in [9.17, 15) is 0 Å². The highest BCUT2D eigenvalue weighted by Crippen LogP contribution is 2.26. The van der Waals surface area contributed by atoms with E-state index in [-0.39, 0.29) is 16.9 Å². The number of ether oxygens (including phenoxy) is 2. The maximum absolute atomic E-state index is 5.56. The predicted octanol–water partition coefficient (Wildman–Crippen LogP) is 1.64. The van der Waals surface area contributed by atoms with E-state index < -0.39 is 0 Å². The molecule has 0 bridgehead atoms. The van der Waals surface area contributed by atoms with Gasteiger partial charge in [0.05, 0.1) is 25.9 Å². The van der Waals surface area contributed by atoms with Crippen molar-refractivity contribution in [1.82, 2.24) is 10.6 Å². The smallest absolute Gasteiger partial charge is 0.191 e. The molecule has 0 aromatic rings. The second-order valence-electron chi connectivity index (χ2n) is 6.97. The molecule has 5 nitrogen and oxygen atoms in total. The van der Waals surface area contributed by atoms with Gasteiger partial charge in [0.2, 0.25) is 0 Å². The molecule has 1 fully saturated rings. The van der Waals surface area contributed by atoms with Crippen LogP contribution in [0.15, 0.2) is 4.99 Å². The first-order chi connectivity index (χ1) is 9.30. The van der Waals surface area contributed by atoms with E-state index in [1.54, 1.807) is 7.11 Å². The number of nitrogens with zero attached hydrogens (tertiary/aromatic N) is 1. The van der Waals surface area contributed by atoms with Crippen molar-refractivity contribution in [2.75, 3.05) is 40.0 Å². The Kier molecular flexibility index (Phi) is 6.27. The Morgan fingerprint density at radius 2 is 2.00 bits per heavy atom. The third-order valence-electron chi connectivity index (χ3n) is 3.57. The van der Waals surface area contributed by atoms with Crippen LogP contribution in [-0.2, 0) is 9.47 Å². The van der Waals surface area contributed by atoms with Crippen LogP contribution in [0.5, 0.6) is 0 Å². The monoisotopic (exact) mass is 285 g/mol. The summed E-state index contributed by atoms with van der Waals surface area (Å²) in [6, 6.07) is 0. The van der Waals surface area contributed by atoms with Crippen LogP contribution < -0.4 is 10.6 Å². The molecule has 1 aliphatic heterocycles. The molecule has 20 heavy (non-hydrogen) atoms. The average molecular weight is 285 g/mol. The summed E-state index contributed by atoms with van der Waals surface area (Å²) in [5.74, 6) is 0.854. The van der Waals surface area contributed by atoms with E-state index in [4.69, 9.17) is 9.47 Å². The highest BCUT2D eigenvalue weighted by atomic mass is 16.5. The molecule has 1 heterocycles. The van der Waals surface area contributed by atoms with Gasteiger partial charge >= 0.3 is 0 Å². The molecule has 0 radical (unpaired) electrons. The predicted molar refractivity (Wildman–Crippen MR) is 83.2 cm³/mol. The van der Waals surface area contributed by atoms with Gasteiger partial charge in [0.25, 0.3) is 0 Å². The first kappa shape index (κ1) is 17.2. The molecule has 0 saturated carbocycles. The van der Waals surface area contributed by atoms with Crippen LogP contribution in [0.3, 0.4) is 0 Å². The Labute approximate surface area is 123 Å². The van der Waals surface area contributed by atoms with E-state index in [1.807, 2.05) is 0 Å². The van der Waals surface area contributed by atoms with Crippen molar-refractivity contribution in [3.63, 3.8) is 0 Å². The van der Waals surface area contributed by atoms with Crippen molar-refractivity contribution >= 4 is 5.96 Å². The Balaban J connectivity index is 2.51. The molecule has 0 amide bonds. The van der Waals surface area contributed by atoms with Crippen molar-refractivity contribution in [2.24, 2.45) is 15.8 Å². The first-order valence-corrected chi connectivity index (χ1v) is 7.43. The Bertz CT molecular complexity index is 320. The van der Waals surface area contributed by atoms with Gasteiger partial charge in [0.15, 0.2) is 5.96 Å². The van der Waals surface area contributed by atoms with Gasteiger partial charge in [-0.1, -0.05) is 27.7 Å². The Morgan fingerprint density at radius 3 is 2.40 bits per heavy atom. The molecule has 1 atom stereocenters. The second-order valence-corrected chi connectivity index (χ2v) is 6.97. The van der Waals surface area contributed by atoms with E-state index in [2.05, 4.69) is 50.2 Å². The number of methoxy groups -OCH3 is 1. The summed E-state index contributed by atoms with van der Waals surface area (Å²) in [6.45, 7) is 14.8. The lowest BCUT2D eigenvalue weighted by Gasteiger charge is -2.36. The lowest BCUT2D eigenvalue weighted by atomic mass is 9.89.